The SMILES string of the molecule is C#CCSc1nc(NN=Cc2scc3ccccc23)cc(C(F)(F)F)n1. The first-order valence-electron chi connectivity index (χ1n) is 7.25. The maximum atomic E-state index is 13.0. The summed E-state index contributed by atoms with van der Waals surface area (Å²) in [7, 11) is 0. The van der Waals surface area contributed by atoms with Gasteiger partial charge in [0.05, 0.1) is 16.8 Å². The Morgan fingerprint density at radius 3 is 2.88 bits per heavy atom. The summed E-state index contributed by atoms with van der Waals surface area (Å²) in [6.45, 7) is 0. The average Bonchev–Trinajstić information content (AvgIpc) is 3.02. The number of hydrogen-bond acceptors (Lipinski definition) is 6. The largest absolute Gasteiger partial charge is 0.433 e. The summed E-state index contributed by atoms with van der Waals surface area (Å²) in [6.07, 6.45) is 2.10. The van der Waals surface area contributed by atoms with Crippen molar-refractivity contribution in [1.82, 2.24) is 9.97 Å². The second-order valence-electron chi connectivity index (χ2n) is 4.97. The monoisotopic (exact) mass is 392 g/mol. The number of rotatable bonds is 5. The van der Waals surface area contributed by atoms with Crippen LogP contribution in [0.3, 0.4) is 0 Å². The van der Waals surface area contributed by atoms with Crippen LogP contribution in [0.25, 0.3) is 10.8 Å². The van der Waals surface area contributed by atoms with E-state index in [1.807, 2.05) is 29.6 Å². The van der Waals surface area contributed by atoms with Crippen LogP contribution in [0.5, 0.6) is 0 Å². The molecule has 4 nitrogen and oxygen atoms in total. The highest BCUT2D eigenvalue weighted by molar-refractivity contribution is 7.99. The number of fused-ring (bicyclic) bond motifs is 1. The number of halogens is 3. The van der Waals surface area contributed by atoms with Crippen LogP contribution in [0.15, 0.2) is 46.0 Å². The van der Waals surface area contributed by atoms with Gasteiger partial charge >= 0.3 is 6.18 Å². The van der Waals surface area contributed by atoms with Crippen LogP contribution in [-0.2, 0) is 6.18 Å². The van der Waals surface area contributed by atoms with Crippen molar-refractivity contribution in [1.29, 1.82) is 0 Å². The number of terminal acetylenes is 1. The minimum atomic E-state index is -4.58. The second-order valence-corrected chi connectivity index (χ2v) is 6.82. The van der Waals surface area contributed by atoms with Gasteiger partial charge in [-0.2, -0.15) is 18.3 Å². The normalized spacial score (nSPS) is 11.8. The highest BCUT2D eigenvalue weighted by Crippen LogP contribution is 2.30. The van der Waals surface area contributed by atoms with E-state index in [0.717, 1.165) is 33.5 Å². The van der Waals surface area contributed by atoms with Crippen LogP contribution in [0.1, 0.15) is 10.6 Å². The fourth-order valence-electron chi connectivity index (χ4n) is 2.07. The van der Waals surface area contributed by atoms with E-state index in [1.54, 1.807) is 6.21 Å². The van der Waals surface area contributed by atoms with Gasteiger partial charge in [-0.05, 0) is 10.8 Å². The van der Waals surface area contributed by atoms with Crippen LogP contribution in [0.2, 0.25) is 0 Å². The molecule has 2 heterocycles. The summed E-state index contributed by atoms with van der Waals surface area (Å²) in [6, 6.07) is 8.58. The van der Waals surface area contributed by atoms with Crippen LogP contribution < -0.4 is 5.43 Å². The Bertz CT molecular complexity index is 990. The number of thiophene rings is 1. The maximum absolute atomic E-state index is 13.0. The molecule has 3 rings (SSSR count). The highest BCUT2D eigenvalue weighted by atomic mass is 32.2. The predicted octanol–water partition coefficient (Wildman–Crippen LogP) is 4.88. The van der Waals surface area contributed by atoms with Crippen molar-refractivity contribution < 1.29 is 13.2 Å². The fraction of sp³-hybridized carbons (Fsp3) is 0.118. The number of alkyl halides is 3. The van der Waals surface area contributed by atoms with Gasteiger partial charge in [0.2, 0.25) is 0 Å². The lowest BCUT2D eigenvalue weighted by molar-refractivity contribution is -0.141. The first kappa shape index (κ1) is 18.2. The number of hydrogen-bond donors (Lipinski definition) is 1. The predicted molar refractivity (Wildman–Crippen MR) is 99.6 cm³/mol. The molecule has 26 heavy (non-hydrogen) atoms. The summed E-state index contributed by atoms with van der Waals surface area (Å²) in [5.74, 6) is 2.45. The second kappa shape index (κ2) is 7.76. The molecule has 0 saturated carbocycles. The number of hydrazone groups is 1. The van der Waals surface area contributed by atoms with Crippen LogP contribution in [-0.4, -0.2) is 21.9 Å². The zero-order valence-electron chi connectivity index (χ0n) is 13.1. The van der Waals surface area contributed by atoms with Crippen molar-refractivity contribution in [2.24, 2.45) is 5.10 Å². The van der Waals surface area contributed by atoms with E-state index in [1.165, 1.54) is 11.3 Å². The standard InChI is InChI=1S/C17H11F3N4S2/c1-2-7-25-16-22-14(17(18,19)20)8-15(23-16)24-21-9-13-12-6-4-3-5-11(12)10-26-13/h1,3-6,8-10H,7H2,(H,22,23,24). The van der Waals surface area contributed by atoms with E-state index in [4.69, 9.17) is 6.42 Å². The molecule has 0 fully saturated rings. The van der Waals surface area contributed by atoms with Crippen molar-refractivity contribution in [2.45, 2.75) is 11.3 Å². The molecule has 0 bridgehead atoms. The Morgan fingerprint density at radius 1 is 1.31 bits per heavy atom. The Labute approximate surface area is 155 Å². The van der Waals surface area contributed by atoms with Gasteiger partial charge in [0, 0.05) is 11.5 Å². The molecule has 0 atom stereocenters. The van der Waals surface area contributed by atoms with Crippen molar-refractivity contribution in [2.75, 3.05) is 11.2 Å². The number of nitrogens with one attached hydrogen (secondary N) is 1. The molecule has 2 aromatic heterocycles. The molecule has 0 aliphatic rings. The number of anilines is 1. The number of nitrogens with zero attached hydrogens (tertiary/aromatic N) is 3. The lowest BCUT2D eigenvalue weighted by atomic mass is 10.2. The van der Waals surface area contributed by atoms with Crippen molar-refractivity contribution in [3.8, 4) is 12.3 Å². The molecule has 0 spiro atoms. The Morgan fingerprint density at radius 2 is 2.12 bits per heavy atom. The summed E-state index contributed by atoms with van der Waals surface area (Å²) < 4.78 is 39.0. The van der Waals surface area contributed by atoms with Crippen LogP contribution in [0.4, 0.5) is 19.0 Å². The minimum Gasteiger partial charge on any atom is -0.261 e. The lowest BCUT2D eigenvalue weighted by Gasteiger charge is -2.09. The van der Waals surface area contributed by atoms with E-state index in [0.29, 0.717) is 0 Å². The van der Waals surface area contributed by atoms with Gasteiger partial charge in [-0.15, -0.1) is 17.8 Å². The van der Waals surface area contributed by atoms with E-state index < -0.39 is 11.9 Å². The molecule has 0 aliphatic heterocycles. The molecular formula is C17H11F3N4S2. The van der Waals surface area contributed by atoms with Crippen molar-refractivity contribution in [3.05, 3.63) is 46.3 Å². The molecule has 132 valence electrons. The number of benzene rings is 1. The summed E-state index contributed by atoms with van der Waals surface area (Å²) in [4.78, 5) is 8.37. The molecule has 3 aromatic rings. The third-order valence-corrected chi connectivity index (χ3v) is 4.88. The maximum Gasteiger partial charge on any atom is 0.433 e. The quantitative estimate of drug-likeness (QED) is 0.221. The fourth-order valence-corrected chi connectivity index (χ4v) is 3.49. The number of aromatic nitrogens is 2. The lowest BCUT2D eigenvalue weighted by Crippen LogP contribution is -2.10. The first-order valence-corrected chi connectivity index (χ1v) is 9.12. The van der Waals surface area contributed by atoms with Crippen LogP contribution >= 0.6 is 23.1 Å². The first-order chi connectivity index (χ1) is 12.5. The topological polar surface area (TPSA) is 50.2 Å². The summed E-state index contributed by atoms with van der Waals surface area (Å²) >= 11 is 2.44. The molecule has 0 radical (unpaired) electrons. The van der Waals surface area contributed by atoms with Crippen molar-refractivity contribution in [3.63, 3.8) is 0 Å². The van der Waals surface area contributed by atoms with E-state index in [9.17, 15) is 13.2 Å². The van der Waals surface area contributed by atoms with E-state index >= 15 is 0 Å². The van der Waals surface area contributed by atoms with Gasteiger partial charge in [-0.3, -0.25) is 5.43 Å². The van der Waals surface area contributed by atoms with Gasteiger partial charge in [0.15, 0.2) is 16.7 Å². The molecule has 1 N–H and O–H groups in total. The third-order valence-electron chi connectivity index (χ3n) is 3.18. The van der Waals surface area contributed by atoms with Crippen LogP contribution in [0, 0.1) is 12.3 Å². The van der Waals surface area contributed by atoms with E-state index in [2.05, 4.69) is 26.4 Å². The van der Waals surface area contributed by atoms with Gasteiger partial charge in [0.1, 0.15) is 0 Å². The smallest absolute Gasteiger partial charge is 0.261 e. The molecule has 0 aliphatic carbocycles. The summed E-state index contributed by atoms with van der Waals surface area (Å²) in [5, 5.41) is 8.03. The zero-order chi connectivity index (χ0) is 18.6. The zero-order valence-corrected chi connectivity index (χ0v) is 14.8. The molecule has 1 aromatic carbocycles. The molecule has 0 saturated heterocycles. The summed E-state index contributed by atoms with van der Waals surface area (Å²) in [5.41, 5.74) is 1.49. The number of thioether (sulfide) groups is 1. The van der Waals surface area contributed by atoms with Gasteiger partial charge in [0.25, 0.3) is 0 Å². The van der Waals surface area contributed by atoms with Crippen molar-refractivity contribution >= 4 is 45.9 Å². The molecular weight excluding hydrogens is 381 g/mol. The molecule has 9 heteroatoms. The Kier molecular flexibility index (Phi) is 5.44. The Balaban J connectivity index is 1.83. The van der Waals surface area contributed by atoms with Gasteiger partial charge < -0.3 is 0 Å². The third kappa shape index (κ3) is 4.33. The minimum absolute atomic E-state index is 0.0519. The highest BCUT2D eigenvalue weighted by Gasteiger charge is 2.33. The van der Waals surface area contributed by atoms with Gasteiger partial charge in [-0.25, -0.2) is 9.97 Å². The molecule has 0 amide bonds. The van der Waals surface area contributed by atoms with E-state index in [-0.39, 0.29) is 16.7 Å². The molecule has 0 unspecified atom stereocenters. The Hall–Kier alpha value is -2.57. The van der Waals surface area contributed by atoms with Gasteiger partial charge in [-0.1, -0.05) is 41.9 Å². The average molecular weight is 392 g/mol.